The summed E-state index contributed by atoms with van der Waals surface area (Å²) < 4.78 is 3.63. The van der Waals surface area contributed by atoms with E-state index >= 15 is 0 Å². The first-order chi connectivity index (χ1) is 9.15. The number of aromatic nitrogens is 2. The third-order valence-corrected chi connectivity index (χ3v) is 4.55. The second kappa shape index (κ2) is 6.52. The van der Waals surface area contributed by atoms with E-state index < -0.39 is 0 Å². The highest BCUT2D eigenvalue weighted by Gasteiger charge is 2.17. The van der Waals surface area contributed by atoms with Crippen LogP contribution in [-0.4, -0.2) is 39.6 Å². The average Bonchev–Trinajstić information content (AvgIpc) is 2.66. The van der Waals surface area contributed by atoms with E-state index in [1.54, 1.807) is 4.57 Å². The van der Waals surface area contributed by atoms with Crippen LogP contribution in [0.4, 0.5) is 0 Å². The van der Waals surface area contributed by atoms with Gasteiger partial charge >= 0.3 is 5.69 Å². The minimum atomic E-state index is 0.0947. The molecule has 0 radical (unpaired) electrons. The summed E-state index contributed by atoms with van der Waals surface area (Å²) in [6, 6.07) is 0.338. The van der Waals surface area contributed by atoms with Crippen LogP contribution in [-0.2, 0) is 13.1 Å². The molecule has 1 aliphatic heterocycles. The Morgan fingerprint density at radius 1 is 1.42 bits per heavy atom. The largest absolute Gasteiger partial charge is 0.339 e. The summed E-state index contributed by atoms with van der Waals surface area (Å²) in [6.45, 7) is 7.76. The monoisotopic (exact) mass is 284 g/mol. The Morgan fingerprint density at radius 2 is 2.21 bits per heavy atom. The van der Waals surface area contributed by atoms with Crippen LogP contribution in [0.5, 0.6) is 0 Å². The van der Waals surface area contributed by atoms with Crippen LogP contribution in [0, 0.1) is 0 Å². The number of nitrogens with zero attached hydrogens (tertiary/aromatic N) is 4. The maximum Gasteiger partial charge on any atom is 0.339 e. The predicted octanol–water partition coefficient (Wildman–Crippen LogP) is 1.14. The molecule has 1 saturated heterocycles. The van der Waals surface area contributed by atoms with Gasteiger partial charge in [-0.05, 0) is 51.3 Å². The lowest BCUT2D eigenvalue weighted by Gasteiger charge is -2.26. The van der Waals surface area contributed by atoms with E-state index in [1.165, 1.54) is 18.0 Å². The van der Waals surface area contributed by atoms with Crippen molar-refractivity contribution in [3.63, 3.8) is 0 Å². The van der Waals surface area contributed by atoms with Gasteiger partial charge in [-0.2, -0.15) is 0 Å². The van der Waals surface area contributed by atoms with E-state index in [1.807, 2.05) is 10.9 Å². The highest BCUT2D eigenvalue weighted by Crippen LogP contribution is 2.10. The first-order valence-electron chi connectivity index (χ1n) is 7.19. The molecule has 0 spiro atoms. The van der Waals surface area contributed by atoms with Crippen LogP contribution in [0.25, 0.3) is 0 Å². The highest BCUT2D eigenvalue weighted by atomic mass is 32.1. The van der Waals surface area contributed by atoms with Gasteiger partial charge in [0.05, 0.1) is 6.04 Å². The zero-order valence-electron chi connectivity index (χ0n) is 12.1. The Bertz CT molecular complexity index is 527. The summed E-state index contributed by atoms with van der Waals surface area (Å²) in [5, 5.41) is 0. The second-order valence-corrected chi connectivity index (χ2v) is 6.18. The molecule has 19 heavy (non-hydrogen) atoms. The van der Waals surface area contributed by atoms with Crippen molar-refractivity contribution in [2.75, 3.05) is 20.1 Å². The van der Waals surface area contributed by atoms with Crippen LogP contribution in [0.15, 0.2) is 9.79 Å². The number of hydrogen-bond acceptors (Lipinski definition) is 4. The van der Waals surface area contributed by atoms with E-state index in [-0.39, 0.29) is 5.69 Å². The molecule has 0 aromatic carbocycles. The fourth-order valence-electron chi connectivity index (χ4n) is 2.51. The summed E-state index contributed by atoms with van der Waals surface area (Å²) in [5.41, 5.74) is 0.0947. The zero-order chi connectivity index (χ0) is 13.8. The summed E-state index contributed by atoms with van der Waals surface area (Å²) in [4.78, 5) is 20.2. The van der Waals surface area contributed by atoms with Gasteiger partial charge in [-0.25, -0.2) is 8.75 Å². The third kappa shape index (κ3) is 3.36. The molecular weight excluding hydrogens is 260 g/mol. The molecule has 0 aliphatic carbocycles. The van der Waals surface area contributed by atoms with E-state index in [9.17, 15) is 4.79 Å². The van der Waals surface area contributed by atoms with Crippen LogP contribution in [0.2, 0.25) is 0 Å². The van der Waals surface area contributed by atoms with Crippen molar-refractivity contribution in [3.8, 4) is 0 Å². The van der Waals surface area contributed by atoms with E-state index in [2.05, 4.69) is 18.9 Å². The molecule has 2 rings (SSSR count). The molecule has 0 bridgehead atoms. The highest BCUT2D eigenvalue weighted by molar-refractivity contribution is 7.03. The smallest absolute Gasteiger partial charge is 0.304 e. The number of aryl methyl sites for hydroxylation is 1. The van der Waals surface area contributed by atoms with Crippen molar-refractivity contribution in [1.82, 2.24) is 13.4 Å². The average molecular weight is 284 g/mol. The molecule has 1 unspecified atom stereocenters. The minimum absolute atomic E-state index is 0.0947. The Morgan fingerprint density at radius 3 is 2.84 bits per heavy atom. The lowest BCUT2D eigenvalue weighted by atomic mass is 10.1. The summed E-state index contributed by atoms with van der Waals surface area (Å²) in [5.74, 6) is 0. The number of rotatable bonds is 4. The van der Waals surface area contributed by atoms with Crippen LogP contribution >= 0.6 is 11.5 Å². The summed E-state index contributed by atoms with van der Waals surface area (Å²) in [6.07, 6.45) is 3.31. The van der Waals surface area contributed by atoms with Crippen molar-refractivity contribution in [1.29, 1.82) is 0 Å². The Balaban J connectivity index is 2.32. The van der Waals surface area contributed by atoms with Gasteiger partial charge in [0, 0.05) is 19.6 Å². The molecule has 1 aromatic rings. The van der Waals surface area contributed by atoms with Gasteiger partial charge in [0.1, 0.15) is 0 Å². The topological polar surface area (TPSA) is 42.5 Å². The van der Waals surface area contributed by atoms with Gasteiger partial charge in [-0.3, -0.25) is 9.56 Å². The molecule has 108 valence electrons. The zero-order valence-corrected chi connectivity index (χ0v) is 12.9. The first-order valence-corrected chi connectivity index (χ1v) is 7.96. The molecule has 1 fully saturated rings. The van der Waals surface area contributed by atoms with E-state index in [4.69, 9.17) is 4.99 Å². The normalized spacial score (nSPS) is 22.1. The molecule has 0 amide bonds. The Labute approximate surface area is 118 Å². The molecule has 1 aromatic heterocycles. The quantitative estimate of drug-likeness (QED) is 0.832. The lowest BCUT2D eigenvalue weighted by Crippen LogP contribution is -2.36. The van der Waals surface area contributed by atoms with Crippen molar-refractivity contribution in [2.24, 2.45) is 4.99 Å². The second-order valence-electron chi connectivity index (χ2n) is 5.19. The van der Waals surface area contributed by atoms with Gasteiger partial charge in [0.25, 0.3) is 0 Å². The van der Waals surface area contributed by atoms with Crippen molar-refractivity contribution in [3.05, 3.63) is 15.3 Å². The number of likely N-dealkylation sites (N-methyl/N-ethyl adjacent to an activating group) is 1. The predicted molar refractivity (Wildman–Crippen MR) is 78.6 cm³/mol. The Kier molecular flexibility index (Phi) is 4.99. The van der Waals surface area contributed by atoms with Crippen molar-refractivity contribution >= 4 is 11.5 Å². The standard InChI is InChI=1S/C13H24N4OS/c1-4-8-17-13(18)16(5-2)12(19-17)14-11-7-6-9-15(3)10-11/h11H,4-10H2,1-3H3. The van der Waals surface area contributed by atoms with Crippen molar-refractivity contribution in [2.45, 2.75) is 52.2 Å². The van der Waals surface area contributed by atoms with Crippen LogP contribution in [0.1, 0.15) is 33.1 Å². The molecule has 1 aliphatic rings. The Hall–Kier alpha value is -0.880. The van der Waals surface area contributed by atoms with Crippen LogP contribution < -0.4 is 10.5 Å². The summed E-state index contributed by atoms with van der Waals surface area (Å²) >= 11 is 1.51. The van der Waals surface area contributed by atoms with Gasteiger partial charge in [-0.15, -0.1) is 0 Å². The molecule has 5 nitrogen and oxygen atoms in total. The lowest BCUT2D eigenvalue weighted by molar-refractivity contribution is 0.250. The minimum Gasteiger partial charge on any atom is -0.304 e. The number of likely N-dealkylation sites (tertiary alicyclic amines) is 1. The SMILES string of the molecule is CCCn1sc(=NC2CCCN(C)C2)n(CC)c1=O. The molecular formula is C13H24N4OS. The fraction of sp³-hybridized carbons (Fsp3) is 0.846. The van der Waals surface area contributed by atoms with Crippen LogP contribution in [0.3, 0.4) is 0 Å². The maximum atomic E-state index is 12.2. The fourth-order valence-corrected chi connectivity index (χ4v) is 3.66. The molecule has 1 atom stereocenters. The third-order valence-electron chi connectivity index (χ3n) is 3.50. The van der Waals surface area contributed by atoms with E-state index in [0.717, 1.165) is 37.3 Å². The van der Waals surface area contributed by atoms with Gasteiger partial charge in [0.15, 0.2) is 0 Å². The molecule has 6 heteroatoms. The molecule has 0 N–H and O–H groups in total. The van der Waals surface area contributed by atoms with E-state index in [0.29, 0.717) is 12.6 Å². The summed E-state index contributed by atoms with van der Waals surface area (Å²) in [7, 11) is 2.14. The molecule has 2 heterocycles. The maximum absolute atomic E-state index is 12.2. The number of hydrogen-bond donors (Lipinski definition) is 0. The number of piperidine rings is 1. The van der Waals surface area contributed by atoms with Gasteiger partial charge < -0.3 is 4.90 Å². The van der Waals surface area contributed by atoms with Gasteiger partial charge in [0.2, 0.25) is 4.80 Å². The first kappa shape index (κ1) is 14.5. The molecule has 0 saturated carbocycles. The van der Waals surface area contributed by atoms with Crippen molar-refractivity contribution < 1.29 is 0 Å². The van der Waals surface area contributed by atoms with Gasteiger partial charge in [-0.1, -0.05) is 6.92 Å².